The zero-order valence-electron chi connectivity index (χ0n) is 10.8. The lowest BCUT2D eigenvalue weighted by atomic mass is 10.2. The highest BCUT2D eigenvalue weighted by molar-refractivity contribution is 5.46. The highest BCUT2D eigenvalue weighted by Crippen LogP contribution is 2.17. The normalized spacial score (nSPS) is 10.1. The molecule has 0 saturated carbocycles. The van der Waals surface area contributed by atoms with Crippen LogP contribution in [0.4, 0.5) is 11.4 Å². The van der Waals surface area contributed by atoms with E-state index in [2.05, 4.69) is 29.2 Å². The van der Waals surface area contributed by atoms with Crippen molar-refractivity contribution in [2.24, 2.45) is 0 Å². The third-order valence-corrected chi connectivity index (χ3v) is 2.72. The number of nitrogens with zero attached hydrogens (tertiary/aromatic N) is 1. The minimum absolute atomic E-state index is 0.553. The lowest BCUT2D eigenvalue weighted by molar-refractivity contribution is 0.306. The summed E-state index contributed by atoms with van der Waals surface area (Å²) in [4.78, 5) is 2.07. The Labute approximate surface area is 108 Å². The van der Waals surface area contributed by atoms with Crippen LogP contribution in [-0.4, -0.2) is 14.1 Å². The molecule has 0 aliphatic rings. The van der Waals surface area contributed by atoms with Gasteiger partial charge in [0.15, 0.2) is 0 Å². The van der Waals surface area contributed by atoms with E-state index < -0.39 is 0 Å². The molecule has 0 unspecified atom stereocenters. The highest BCUT2D eigenvalue weighted by atomic mass is 16.5. The topological polar surface area (TPSA) is 38.5 Å². The molecular formula is C15H18N2O. The first-order valence-corrected chi connectivity index (χ1v) is 5.90. The molecule has 0 bridgehead atoms. The van der Waals surface area contributed by atoms with E-state index in [-0.39, 0.29) is 0 Å². The van der Waals surface area contributed by atoms with E-state index >= 15 is 0 Å². The number of hydrogen-bond donors (Lipinski definition) is 1. The molecule has 0 aliphatic heterocycles. The van der Waals surface area contributed by atoms with Gasteiger partial charge in [0.1, 0.15) is 12.4 Å². The van der Waals surface area contributed by atoms with Gasteiger partial charge in [-0.15, -0.1) is 0 Å². The van der Waals surface area contributed by atoms with Crippen LogP contribution in [0.25, 0.3) is 0 Å². The fourth-order valence-electron chi connectivity index (χ4n) is 1.66. The van der Waals surface area contributed by atoms with E-state index in [0.29, 0.717) is 6.61 Å². The van der Waals surface area contributed by atoms with Gasteiger partial charge in [-0.3, -0.25) is 0 Å². The van der Waals surface area contributed by atoms with Crippen LogP contribution in [-0.2, 0) is 6.61 Å². The van der Waals surface area contributed by atoms with Gasteiger partial charge >= 0.3 is 0 Å². The average Bonchev–Trinajstić information content (AvgIpc) is 2.37. The molecule has 2 aromatic carbocycles. The number of hydrogen-bond acceptors (Lipinski definition) is 3. The van der Waals surface area contributed by atoms with Gasteiger partial charge in [-0.1, -0.05) is 18.2 Å². The molecule has 0 radical (unpaired) electrons. The number of anilines is 2. The van der Waals surface area contributed by atoms with Crippen LogP contribution in [0.5, 0.6) is 5.75 Å². The highest BCUT2D eigenvalue weighted by Gasteiger charge is 1.98. The van der Waals surface area contributed by atoms with Crippen molar-refractivity contribution in [2.45, 2.75) is 6.61 Å². The number of nitrogens with two attached hydrogens (primary N) is 1. The van der Waals surface area contributed by atoms with Crippen LogP contribution in [0, 0.1) is 0 Å². The smallest absolute Gasteiger partial charge is 0.121 e. The molecular weight excluding hydrogens is 224 g/mol. The molecule has 0 amide bonds. The zero-order chi connectivity index (χ0) is 13.0. The molecule has 0 saturated heterocycles. The van der Waals surface area contributed by atoms with Crippen molar-refractivity contribution in [3.63, 3.8) is 0 Å². The summed E-state index contributed by atoms with van der Waals surface area (Å²) in [5, 5.41) is 0. The van der Waals surface area contributed by atoms with E-state index in [9.17, 15) is 0 Å². The Morgan fingerprint density at radius 1 is 1.06 bits per heavy atom. The van der Waals surface area contributed by atoms with E-state index in [1.807, 2.05) is 38.4 Å². The van der Waals surface area contributed by atoms with E-state index in [0.717, 1.165) is 17.0 Å². The minimum atomic E-state index is 0.553. The lowest BCUT2D eigenvalue weighted by Gasteiger charge is -2.13. The molecule has 0 aromatic heterocycles. The Hall–Kier alpha value is -2.16. The van der Waals surface area contributed by atoms with Gasteiger partial charge < -0.3 is 15.4 Å². The SMILES string of the molecule is CN(C)c1ccc(COc2cccc(N)c2)cc1. The van der Waals surface area contributed by atoms with E-state index in [4.69, 9.17) is 10.5 Å². The Morgan fingerprint density at radius 2 is 1.78 bits per heavy atom. The van der Waals surface area contributed by atoms with Gasteiger partial charge in [-0.25, -0.2) is 0 Å². The third kappa shape index (κ3) is 3.17. The van der Waals surface area contributed by atoms with Crippen molar-refractivity contribution < 1.29 is 4.74 Å². The summed E-state index contributed by atoms with van der Waals surface area (Å²) >= 11 is 0. The average molecular weight is 242 g/mol. The summed E-state index contributed by atoms with van der Waals surface area (Å²) in [6.07, 6.45) is 0. The first kappa shape index (κ1) is 12.3. The number of nitrogen functional groups attached to an aromatic ring is 1. The molecule has 2 aromatic rings. The summed E-state index contributed by atoms with van der Waals surface area (Å²) in [5.74, 6) is 0.798. The number of ether oxygens (including phenoxy) is 1. The summed E-state index contributed by atoms with van der Waals surface area (Å²) < 4.78 is 5.68. The van der Waals surface area contributed by atoms with Crippen LogP contribution < -0.4 is 15.4 Å². The van der Waals surface area contributed by atoms with Gasteiger partial charge in [0.2, 0.25) is 0 Å². The second-order valence-electron chi connectivity index (χ2n) is 4.42. The van der Waals surface area contributed by atoms with Gasteiger partial charge in [0.25, 0.3) is 0 Å². The summed E-state index contributed by atoms with van der Waals surface area (Å²) in [6.45, 7) is 0.553. The largest absolute Gasteiger partial charge is 0.489 e. The van der Waals surface area contributed by atoms with Crippen molar-refractivity contribution >= 4 is 11.4 Å². The van der Waals surface area contributed by atoms with Crippen molar-refractivity contribution in [1.29, 1.82) is 0 Å². The van der Waals surface area contributed by atoms with Crippen LogP contribution >= 0.6 is 0 Å². The van der Waals surface area contributed by atoms with Gasteiger partial charge in [0, 0.05) is 31.5 Å². The fourth-order valence-corrected chi connectivity index (χ4v) is 1.66. The van der Waals surface area contributed by atoms with Crippen LogP contribution in [0.2, 0.25) is 0 Å². The van der Waals surface area contributed by atoms with E-state index in [1.54, 1.807) is 0 Å². The Bertz CT molecular complexity index is 506. The molecule has 18 heavy (non-hydrogen) atoms. The number of benzene rings is 2. The van der Waals surface area contributed by atoms with E-state index in [1.165, 1.54) is 5.69 Å². The lowest BCUT2D eigenvalue weighted by Crippen LogP contribution is -2.08. The van der Waals surface area contributed by atoms with Gasteiger partial charge in [-0.2, -0.15) is 0 Å². The molecule has 3 heteroatoms. The molecule has 0 fully saturated rings. The van der Waals surface area contributed by atoms with Crippen molar-refractivity contribution in [3.05, 3.63) is 54.1 Å². The fraction of sp³-hybridized carbons (Fsp3) is 0.200. The first-order valence-electron chi connectivity index (χ1n) is 5.90. The van der Waals surface area contributed by atoms with Crippen molar-refractivity contribution in [1.82, 2.24) is 0 Å². The van der Waals surface area contributed by atoms with Gasteiger partial charge in [-0.05, 0) is 29.8 Å². The Balaban J connectivity index is 1.98. The zero-order valence-corrected chi connectivity index (χ0v) is 10.8. The maximum atomic E-state index is 5.70. The second kappa shape index (κ2) is 5.45. The molecule has 2 rings (SSSR count). The van der Waals surface area contributed by atoms with Crippen LogP contribution in [0.1, 0.15) is 5.56 Å². The number of rotatable bonds is 4. The monoisotopic (exact) mass is 242 g/mol. The first-order chi connectivity index (χ1) is 8.65. The molecule has 3 nitrogen and oxygen atoms in total. The van der Waals surface area contributed by atoms with Crippen LogP contribution in [0.15, 0.2) is 48.5 Å². The Kier molecular flexibility index (Phi) is 3.72. The molecule has 0 spiro atoms. The second-order valence-corrected chi connectivity index (χ2v) is 4.42. The third-order valence-electron chi connectivity index (χ3n) is 2.72. The summed E-state index contributed by atoms with van der Waals surface area (Å²) in [5.41, 5.74) is 8.74. The molecule has 94 valence electrons. The molecule has 0 heterocycles. The van der Waals surface area contributed by atoms with Crippen LogP contribution in [0.3, 0.4) is 0 Å². The summed E-state index contributed by atoms with van der Waals surface area (Å²) in [7, 11) is 4.05. The van der Waals surface area contributed by atoms with Gasteiger partial charge in [0.05, 0.1) is 0 Å². The quantitative estimate of drug-likeness (QED) is 0.838. The minimum Gasteiger partial charge on any atom is -0.489 e. The predicted octanol–water partition coefficient (Wildman–Crippen LogP) is 2.91. The van der Waals surface area contributed by atoms with Crippen molar-refractivity contribution in [3.8, 4) is 5.75 Å². The molecule has 0 aliphatic carbocycles. The Morgan fingerprint density at radius 3 is 2.39 bits per heavy atom. The molecule has 2 N–H and O–H groups in total. The maximum Gasteiger partial charge on any atom is 0.121 e. The maximum absolute atomic E-state index is 5.70. The summed E-state index contributed by atoms with van der Waals surface area (Å²) in [6, 6.07) is 15.8. The van der Waals surface area contributed by atoms with Crippen molar-refractivity contribution in [2.75, 3.05) is 24.7 Å². The molecule has 0 atom stereocenters. The predicted molar refractivity (Wildman–Crippen MR) is 76.0 cm³/mol. The standard InChI is InChI=1S/C15H18N2O/c1-17(2)14-8-6-12(7-9-14)11-18-15-5-3-4-13(16)10-15/h3-10H,11,16H2,1-2H3.